The van der Waals surface area contributed by atoms with Gasteiger partial charge in [0.05, 0.1) is 38.0 Å². The molecule has 10 nitrogen and oxygen atoms in total. The number of ketones is 1. The van der Waals surface area contributed by atoms with Crippen molar-refractivity contribution in [3.8, 4) is 0 Å². The molecule has 280 valence electrons. The first-order chi connectivity index (χ1) is 24.8. The third-order valence-electron chi connectivity index (χ3n) is 7.87. The van der Waals surface area contributed by atoms with E-state index in [9.17, 15) is 9.59 Å². The van der Waals surface area contributed by atoms with Crippen molar-refractivity contribution < 1.29 is 29.4 Å². The topological polar surface area (TPSA) is 101 Å². The fraction of sp³-hybridized carbons (Fsp3) is 0.553. The van der Waals surface area contributed by atoms with Crippen molar-refractivity contribution in [1.82, 2.24) is 14.2 Å². The van der Waals surface area contributed by atoms with Crippen LogP contribution in [0.4, 0.5) is 0 Å². The summed E-state index contributed by atoms with van der Waals surface area (Å²) in [6, 6.07) is 19.1. The maximum Gasteiger partial charge on any atom is 0.350 e. The highest BCUT2D eigenvalue weighted by Gasteiger charge is 2.48. The van der Waals surface area contributed by atoms with Gasteiger partial charge in [-0.25, -0.2) is 9.46 Å². The summed E-state index contributed by atoms with van der Waals surface area (Å²) >= 11 is 0. The second-order valence-corrected chi connectivity index (χ2v) is 18.2. The zero-order chi connectivity index (χ0) is 37.8. The molecule has 5 unspecified atom stereocenters. The zero-order valence-electron chi connectivity index (χ0n) is 32.0. The second-order valence-electron chi connectivity index (χ2n) is 13.8. The van der Waals surface area contributed by atoms with Crippen LogP contribution in [-0.4, -0.2) is 82.1 Å². The summed E-state index contributed by atoms with van der Waals surface area (Å²) in [6.07, 6.45) is -0.898. The summed E-state index contributed by atoms with van der Waals surface area (Å²) in [5.41, 5.74) is 1.53. The summed E-state index contributed by atoms with van der Waals surface area (Å²) in [5.74, 6) is -0.134. The molecule has 0 saturated carbocycles. The van der Waals surface area contributed by atoms with Gasteiger partial charge in [-0.05, 0) is 58.7 Å². The standard InChI is InChI=1S/C38H54N3O7PS2/c1-26(2)41(27(3)4)49(46-22-20-30-17-13-14-18-33(30)50-51-38(6,7)8)48-34-28(5)47-36(35(34)45-24-23-44-9)40-21-19-31(39-37(40)43)25-32(42)29-15-11-10-12-16-29/h10-19,21,26-28,34-36H,20,22-25H2,1-9H3/i5D. The quantitative estimate of drug-likeness (QED) is 0.0512. The summed E-state index contributed by atoms with van der Waals surface area (Å²) in [4.78, 5) is 31.8. The van der Waals surface area contributed by atoms with Crippen molar-refractivity contribution in [1.29, 1.82) is 0 Å². The number of carbonyl (C=O) groups is 1. The molecule has 0 radical (unpaired) electrons. The van der Waals surface area contributed by atoms with Crippen molar-refractivity contribution in [2.24, 2.45) is 0 Å². The summed E-state index contributed by atoms with van der Waals surface area (Å²) < 4.78 is 43.7. The third kappa shape index (κ3) is 12.2. The first kappa shape index (κ1) is 40.1. The molecule has 13 heteroatoms. The Hall–Kier alpha value is -2.12. The minimum absolute atomic E-state index is 0.0130. The molecule has 0 spiro atoms. The molecule has 0 amide bonds. The number of carbonyl (C=O) groups excluding carboxylic acids is 1. The minimum atomic E-state index is -1.65. The van der Waals surface area contributed by atoms with E-state index < -0.39 is 38.8 Å². The van der Waals surface area contributed by atoms with Crippen LogP contribution in [0.5, 0.6) is 0 Å². The predicted octanol–water partition coefficient (Wildman–Crippen LogP) is 8.15. The number of aromatic nitrogens is 2. The SMILES string of the molecule is [2H]CC1OC(n2ccc(CC(=O)c3ccccc3)nc2=O)C(OCCOC)C1OP(OCCc1ccccc1SSC(C)(C)C)N(C(C)C)C(C)C. The normalized spacial score (nSPS) is 20.3. The van der Waals surface area contributed by atoms with Crippen molar-refractivity contribution in [2.45, 2.75) is 114 Å². The third-order valence-corrected chi connectivity index (χ3v) is 13.4. The fourth-order valence-corrected chi connectivity index (χ4v) is 9.59. The van der Waals surface area contributed by atoms with Gasteiger partial charge in [0, 0.05) is 42.0 Å². The second kappa shape index (κ2) is 19.8. The lowest BCUT2D eigenvalue weighted by atomic mass is 10.1. The van der Waals surface area contributed by atoms with Crippen LogP contribution in [0.15, 0.2) is 76.6 Å². The van der Waals surface area contributed by atoms with E-state index in [4.69, 9.17) is 24.6 Å². The smallest absolute Gasteiger partial charge is 0.350 e. The first-order valence-corrected chi connectivity index (χ1v) is 20.6. The van der Waals surface area contributed by atoms with Crippen LogP contribution >= 0.6 is 30.1 Å². The van der Waals surface area contributed by atoms with Crippen LogP contribution in [0.2, 0.25) is 0 Å². The molecule has 1 saturated heterocycles. The van der Waals surface area contributed by atoms with Gasteiger partial charge in [0.1, 0.15) is 12.2 Å². The van der Waals surface area contributed by atoms with Crippen LogP contribution in [0, 0.1) is 0 Å². The van der Waals surface area contributed by atoms with E-state index >= 15 is 0 Å². The van der Waals surface area contributed by atoms with Crippen molar-refractivity contribution >= 4 is 35.9 Å². The molecule has 0 bridgehead atoms. The van der Waals surface area contributed by atoms with Gasteiger partial charge >= 0.3 is 5.69 Å². The molecule has 1 aliphatic rings. The highest BCUT2D eigenvalue weighted by Crippen LogP contribution is 2.50. The molecular weight excluding hydrogens is 706 g/mol. The molecule has 2 heterocycles. The van der Waals surface area contributed by atoms with E-state index in [0.717, 1.165) is 0 Å². The fourth-order valence-electron chi connectivity index (χ4n) is 5.56. The summed E-state index contributed by atoms with van der Waals surface area (Å²) in [5, 5.41) is 0. The Balaban J connectivity index is 1.58. The maximum atomic E-state index is 13.5. The van der Waals surface area contributed by atoms with Gasteiger partial charge < -0.3 is 23.3 Å². The van der Waals surface area contributed by atoms with E-state index in [1.807, 2.05) is 16.9 Å². The van der Waals surface area contributed by atoms with Gasteiger partial charge in [0.25, 0.3) is 8.53 Å². The van der Waals surface area contributed by atoms with Gasteiger partial charge in [0.15, 0.2) is 12.0 Å². The molecular formula is C38H54N3O7PS2. The van der Waals surface area contributed by atoms with Gasteiger partial charge in [0.2, 0.25) is 0 Å². The van der Waals surface area contributed by atoms with Crippen molar-refractivity contribution in [2.75, 3.05) is 26.9 Å². The Kier molecular flexibility index (Phi) is 15.6. The van der Waals surface area contributed by atoms with Crippen LogP contribution in [-0.2, 0) is 36.1 Å². The molecule has 2 aromatic carbocycles. The zero-order valence-corrected chi connectivity index (χ0v) is 33.5. The lowest BCUT2D eigenvalue weighted by molar-refractivity contribution is -0.0776. The van der Waals surface area contributed by atoms with Crippen molar-refractivity contribution in [3.05, 3.63) is 94.2 Å². The molecule has 5 atom stereocenters. The highest BCUT2D eigenvalue weighted by molar-refractivity contribution is 8.77. The number of nitrogens with zero attached hydrogens (tertiary/aromatic N) is 3. The molecule has 1 fully saturated rings. The number of hydrogen-bond acceptors (Lipinski definition) is 11. The maximum absolute atomic E-state index is 13.5. The van der Waals surface area contributed by atoms with Gasteiger partial charge in [-0.1, -0.05) is 90.9 Å². The number of Topliss-reactive ketones (excluding diaryl/α,β-unsaturated/α-hetero) is 1. The van der Waals surface area contributed by atoms with E-state index in [2.05, 4.69) is 82.4 Å². The minimum Gasteiger partial charge on any atom is -0.382 e. The number of ether oxygens (including phenoxy) is 3. The Morgan fingerprint density at radius 3 is 2.37 bits per heavy atom. The Bertz CT molecular complexity index is 1600. The number of hydrogen-bond donors (Lipinski definition) is 0. The Labute approximate surface area is 314 Å². The molecule has 0 N–H and O–H groups in total. The number of methoxy groups -OCH3 is 1. The average Bonchev–Trinajstić information content (AvgIpc) is 3.44. The summed E-state index contributed by atoms with van der Waals surface area (Å²) in [7, 11) is 3.55. The number of rotatable bonds is 19. The molecule has 1 aliphatic heterocycles. The van der Waals surface area contributed by atoms with Gasteiger partial charge in [-0.3, -0.25) is 9.36 Å². The van der Waals surface area contributed by atoms with E-state index in [1.165, 1.54) is 15.0 Å². The lowest BCUT2D eigenvalue weighted by Gasteiger charge is -2.38. The largest absolute Gasteiger partial charge is 0.382 e. The highest BCUT2D eigenvalue weighted by atomic mass is 33.1. The van der Waals surface area contributed by atoms with Crippen LogP contribution in [0.3, 0.4) is 0 Å². The number of benzene rings is 2. The molecule has 3 aromatic rings. The monoisotopic (exact) mass is 760 g/mol. The Morgan fingerprint density at radius 1 is 1.02 bits per heavy atom. The average molecular weight is 761 g/mol. The van der Waals surface area contributed by atoms with E-state index in [1.54, 1.807) is 54.4 Å². The Morgan fingerprint density at radius 2 is 1.73 bits per heavy atom. The van der Waals surface area contributed by atoms with Crippen LogP contribution < -0.4 is 5.69 Å². The first-order valence-electron chi connectivity index (χ1n) is 18.1. The van der Waals surface area contributed by atoms with Gasteiger partial charge in [-0.15, -0.1) is 0 Å². The molecule has 51 heavy (non-hydrogen) atoms. The van der Waals surface area contributed by atoms with Crippen molar-refractivity contribution in [3.63, 3.8) is 0 Å². The predicted molar refractivity (Wildman–Crippen MR) is 207 cm³/mol. The van der Waals surface area contributed by atoms with Gasteiger partial charge in [-0.2, -0.15) is 4.98 Å². The summed E-state index contributed by atoms with van der Waals surface area (Å²) in [6.45, 7) is 15.9. The molecule has 1 aromatic heterocycles. The van der Waals surface area contributed by atoms with E-state index in [-0.39, 0.29) is 42.5 Å². The lowest BCUT2D eigenvalue weighted by Crippen LogP contribution is -2.41. The van der Waals surface area contributed by atoms with Crippen LogP contribution in [0.25, 0.3) is 0 Å². The van der Waals surface area contributed by atoms with Crippen LogP contribution in [0.1, 0.15) is 84.6 Å². The van der Waals surface area contributed by atoms with E-state index in [0.29, 0.717) is 30.9 Å². The molecule has 0 aliphatic carbocycles. The molecule has 4 rings (SSSR count).